The first-order valence-corrected chi connectivity index (χ1v) is 4.42. The molecule has 1 rings (SSSR count). The molecule has 2 N–H and O–H groups in total. The molecule has 0 bridgehead atoms. The molecule has 1 aromatic rings. The van der Waals surface area contributed by atoms with Gasteiger partial charge in [-0.1, -0.05) is 11.6 Å². The Bertz CT molecular complexity index is 342. The summed E-state index contributed by atoms with van der Waals surface area (Å²) in [6.07, 6.45) is 0. The van der Waals surface area contributed by atoms with Crippen LogP contribution in [0.1, 0.15) is 10.4 Å². The van der Waals surface area contributed by atoms with E-state index in [9.17, 15) is 9.18 Å². The lowest BCUT2D eigenvalue weighted by atomic mass is 10.2. The first kappa shape index (κ1) is 9.73. The average molecular weight is 299 g/mol. The van der Waals surface area contributed by atoms with Crippen molar-refractivity contribution in [2.24, 2.45) is 5.73 Å². The number of hydrogen-bond acceptors (Lipinski definition) is 1. The number of halogens is 3. The van der Waals surface area contributed by atoms with Crippen molar-refractivity contribution in [1.29, 1.82) is 0 Å². The fraction of sp³-hybridized carbons (Fsp3) is 0. The molecule has 0 unspecified atom stereocenters. The zero-order valence-electron chi connectivity index (χ0n) is 5.77. The zero-order chi connectivity index (χ0) is 9.30. The van der Waals surface area contributed by atoms with Gasteiger partial charge < -0.3 is 5.73 Å². The van der Waals surface area contributed by atoms with Gasteiger partial charge in [-0.3, -0.25) is 4.79 Å². The van der Waals surface area contributed by atoms with Crippen molar-refractivity contribution in [2.75, 3.05) is 0 Å². The number of rotatable bonds is 1. The third-order valence-corrected chi connectivity index (χ3v) is 2.84. The minimum absolute atomic E-state index is 0.0149. The molecule has 0 aliphatic carbocycles. The quantitative estimate of drug-likeness (QED) is 0.627. The molecular formula is C7H4ClFINO. The summed E-state index contributed by atoms with van der Waals surface area (Å²) < 4.78 is 13.2. The highest BCUT2D eigenvalue weighted by Crippen LogP contribution is 2.23. The second-order valence-corrected chi connectivity index (χ2v) is 3.65. The molecule has 12 heavy (non-hydrogen) atoms. The van der Waals surface area contributed by atoms with Gasteiger partial charge in [0.1, 0.15) is 5.82 Å². The van der Waals surface area contributed by atoms with Crippen molar-refractivity contribution in [3.63, 3.8) is 0 Å². The lowest BCUT2D eigenvalue weighted by Crippen LogP contribution is -2.12. The van der Waals surface area contributed by atoms with Crippen LogP contribution in [-0.4, -0.2) is 5.91 Å². The minimum Gasteiger partial charge on any atom is -0.366 e. The van der Waals surface area contributed by atoms with E-state index in [1.807, 2.05) is 22.6 Å². The lowest BCUT2D eigenvalue weighted by molar-refractivity contribution is 0.1000. The van der Waals surface area contributed by atoms with Gasteiger partial charge in [-0.15, -0.1) is 0 Å². The van der Waals surface area contributed by atoms with Crippen LogP contribution in [0.4, 0.5) is 4.39 Å². The molecule has 0 saturated heterocycles. The molecule has 0 atom stereocenters. The highest BCUT2D eigenvalue weighted by molar-refractivity contribution is 14.1. The first-order chi connectivity index (χ1) is 5.52. The molecule has 0 aromatic heterocycles. The summed E-state index contributed by atoms with van der Waals surface area (Å²) in [6.45, 7) is 0. The summed E-state index contributed by atoms with van der Waals surface area (Å²) in [5, 5.41) is 0.199. The maximum Gasteiger partial charge on any atom is 0.250 e. The smallest absolute Gasteiger partial charge is 0.250 e. The molecule has 2 nitrogen and oxygen atoms in total. The van der Waals surface area contributed by atoms with Gasteiger partial charge in [0.05, 0.1) is 10.6 Å². The predicted octanol–water partition coefficient (Wildman–Crippen LogP) is 2.18. The highest BCUT2D eigenvalue weighted by Gasteiger charge is 2.11. The van der Waals surface area contributed by atoms with Crippen molar-refractivity contribution in [3.8, 4) is 0 Å². The van der Waals surface area contributed by atoms with Crippen LogP contribution in [0.25, 0.3) is 0 Å². The van der Waals surface area contributed by atoms with Crippen LogP contribution in [-0.2, 0) is 0 Å². The second-order valence-electron chi connectivity index (χ2n) is 2.11. The summed E-state index contributed by atoms with van der Waals surface area (Å²) in [5.74, 6) is -1.24. The summed E-state index contributed by atoms with van der Waals surface area (Å²) in [4.78, 5) is 10.7. The van der Waals surface area contributed by atoms with Gasteiger partial charge in [0.15, 0.2) is 0 Å². The Hall–Kier alpha value is -0.360. The van der Waals surface area contributed by atoms with Crippen LogP contribution in [0.3, 0.4) is 0 Å². The van der Waals surface area contributed by atoms with Crippen molar-refractivity contribution >= 4 is 40.1 Å². The van der Waals surface area contributed by atoms with Gasteiger partial charge in [0.25, 0.3) is 0 Å². The molecule has 0 spiro atoms. The van der Waals surface area contributed by atoms with Gasteiger partial charge in [-0.2, -0.15) is 0 Å². The van der Waals surface area contributed by atoms with E-state index in [0.717, 1.165) is 6.07 Å². The Morgan fingerprint density at radius 3 is 2.67 bits per heavy atom. The summed E-state index contributed by atoms with van der Waals surface area (Å²) >= 11 is 7.51. The van der Waals surface area contributed by atoms with E-state index in [1.165, 1.54) is 6.07 Å². The van der Waals surface area contributed by atoms with Gasteiger partial charge in [-0.25, -0.2) is 4.39 Å². The Balaban J connectivity index is 3.37. The molecule has 1 amide bonds. The second kappa shape index (κ2) is 3.57. The Labute approximate surface area is 87.0 Å². The van der Waals surface area contributed by atoms with Crippen molar-refractivity contribution in [2.45, 2.75) is 0 Å². The molecule has 0 aliphatic rings. The molecule has 0 fully saturated rings. The van der Waals surface area contributed by atoms with Crippen LogP contribution < -0.4 is 5.73 Å². The number of carbonyl (C=O) groups is 1. The monoisotopic (exact) mass is 299 g/mol. The number of carbonyl (C=O) groups excluding carboxylic acids is 1. The molecule has 64 valence electrons. The first-order valence-electron chi connectivity index (χ1n) is 2.96. The van der Waals surface area contributed by atoms with E-state index in [1.54, 1.807) is 0 Å². The van der Waals surface area contributed by atoms with E-state index >= 15 is 0 Å². The van der Waals surface area contributed by atoms with Gasteiger partial charge in [0.2, 0.25) is 5.91 Å². The third-order valence-electron chi connectivity index (χ3n) is 1.26. The van der Waals surface area contributed by atoms with Crippen LogP contribution in [0.5, 0.6) is 0 Å². The topological polar surface area (TPSA) is 43.1 Å². The Kier molecular flexibility index (Phi) is 2.89. The van der Waals surface area contributed by atoms with Gasteiger partial charge in [-0.05, 0) is 34.7 Å². The number of hydrogen-bond donors (Lipinski definition) is 1. The molecule has 0 radical (unpaired) electrons. The molecule has 0 saturated carbocycles. The number of primary amides is 1. The molecular weight excluding hydrogens is 295 g/mol. The standard InChI is InChI=1S/C7H4ClFINO/c8-6-4(7(11)12)1-3(9)2-5(6)10/h1-2H,(H2,11,12). The van der Waals surface area contributed by atoms with Crippen LogP contribution >= 0.6 is 34.2 Å². The van der Waals surface area contributed by atoms with Crippen molar-refractivity contribution < 1.29 is 9.18 Å². The number of nitrogens with two attached hydrogens (primary N) is 1. The van der Waals surface area contributed by atoms with E-state index in [4.69, 9.17) is 17.3 Å². The zero-order valence-corrected chi connectivity index (χ0v) is 8.69. The van der Waals surface area contributed by atoms with Gasteiger partial charge in [0, 0.05) is 3.57 Å². The average Bonchev–Trinajstić information content (AvgIpc) is 1.96. The fourth-order valence-corrected chi connectivity index (χ4v) is 1.53. The largest absolute Gasteiger partial charge is 0.366 e. The Morgan fingerprint density at radius 2 is 2.17 bits per heavy atom. The van der Waals surface area contributed by atoms with Crippen LogP contribution in [0, 0.1) is 9.39 Å². The van der Waals surface area contributed by atoms with Crippen molar-refractivity contribution in [1.82, 2.24) is 0 Å². The molecule has 1 aromatic carbocycles. The summed E-state index contributed by atoms with van der Waals surface area (Å²) in [6, 6.07) is 2.25. The lowest BCUT2D eigenvalue weighted by Gasteiger charge is -2.01. The predicted molar refractivity (Wildman–Crippen MR) is 52.6 cm³/mol. The van der Waals surface area contributed by atoms with E-state index in [0.29, 0.717) is 3.57 Å². The maximum atomic E-state index is 12.7. The van der Waals surface area contributed by atoms with E-state index in [2.05, 4.69) is 0 Å². The summed E-state index contributed by atoms with van der Waals surface area (Å²) in [5.41, 5.74) is 4.97. The van der Waals surface area contributed by atoms with Crippen molar-refractivity contribution in [3.05, 3.63) is 32.1 Å². The summed E-state index contributed by atoms with van der Waals surface area (Å²) in [7, 11) is 0. The Morgan fingerprint density at radius 1 is 1.58 bits per heavy atom. The maximum absolute atomic E-state index is 12.7. The van der Waals surface area contributed by atoms with Gasteiger partial charge >= 0.3 is 0 Å². The van der Waals surface area contributed by atoms with Crippen LogP contribution in [0.2, 0.25) is 5.02 Å². The number of benzene rings is 1. The molecule has 0 aliphatic heterocycles. The third kappa shape index (κ3) is 1.87. The molecule has 5 heteroatoms. The minimum atomic E-state index is -0.725. The van der Waals surface area contributed by atoms with Crippen LogP contribution in [0.15, 0.2) is 12.1 Å². The fourth-order valence-electron chi connectivity index (χ4n) is 0.735. The SMILES string of the molecule is NC(=O)c1cc(F)cc(I)c1Cl. The highest BCUT2D eigenvalue weighted by atomic mass is 127. The van der Waals surface area contributed by atoms with E-state index in [-0.39, 0.29) is 10.6 Å². The normalized spacial score (nSPS) is 9.92. The number of amides is 1. The van der Waals surface area contributed by atoms with E-state index < -0.39 is 11.7 Å². The molecule has 0 heterocycles.